The third-order valence-corrected chi connectivity index (χ3v) is 6.94. The lowest BCUT2D eigenvalue weighted by Gasteiger charge is -2.29. The zero-order valence-electron chi connectivity index (χ0n) is 19.8. The number of hydrogen-bond donors (Lipinski definition) is 2. The highest BCUT2D eigenvalue weighted by molar-refractivity contribution is 6.57. The van der Waals surface area contributed by atoms with Crippen LogP contribution in [0.3, 0.4) is 0 Å². The number of carboxylic acids is 1. The molecule has 1 saturated heterocycles. The third kappa shape index (κ3) is 5.73. The predicted molar refractivity (Wildman–Crippen MR) is 134 cm³/mol. The lowest BCUT2D eigenvalue weighted by molar-refractivity contribution is 0.0696. The van der Waals surface area contributed by atoms with Gasteiger partial charge in [-0.1, -0.05) is 41.9 Å². The van der Waals surface area contributed by atoms with Crippen LogP contribution in [0.2, 0.25) is 0 Å². The van der Waals surface area contributed by atoms with E-state index in [2.05, 4.69) is 11.9 Å². The Hall–Kier alpha value is -2.78. The smallest absolute Gasteiger partial charge is 0.335 e. The Bertz CT molecular complexity index is 1240. The van der Waals surface area contributed by atoms with Crippen LogP contribution < -0.4 is 15.9 Å². The Morgan fingerprint density at radius 1 is 1.26 bits per heavy atom. The van der Waals surface area contributed by atoms with E-state index in [0.717, 1.165) is 5.56 Å². The Labute approximate surface area is 213 Å². The summed E-state index contributed by atoms with van der Waals surface area (Å²) in [5.41, 5.74) is 0.465. The number of carbonyl (C=O) groups is 2. The Morgan fingerprint density at radius 2 is 1.94 bits per heavy atom. The molecule has 0 bridgehead atoms. The number of nitrogens with zero attached hydrogens (tertiary/aromatic N) is 1. The second kappa shape index (κ2) is 11.3. The fourth-order valence-electron chi connectivity index (χ4n) is 3.84. The van der Waals surface area contributed by atoms with Crippen LogP contribution in [0.4, 0.5) is 0 Å². The van der Waals surface area contributed by atoms with E-state index < -0.39 is 11.5 Å². The minimum atomic E-state index is -1.02. The average Bonchev–Trinajstić information content (AvgIpc) is 3.43. The maximum absolute atomic E-state index is 13.4. The minimum absolute atomic E-state index is 0.166. The highest BCUT2D eigenvalue weighted by Crippen LogP contribution is 2.31. The number of rotatable bonds is 9. The van der Waals surface area contributed by atoms with Crippen molar-refractivity contribution in [2.45, 2.75) is 18.9 Å². The van der Waals surface area contributed by atoms with E-state index in [0.29, 0.717) is 48.3 Å². The van der Waals surface area contributed by atoms with Gasteiger partial charge in [0.15, 0.2) is 0 Å². The van der Waals surface area contributed by atoms with Gasteiger partial charge in [-0.3, -0.25) is 4.79 Å². The molecule has 1 fully saturated rings. The molecular weight excluding hydrogens is 495 g/mol. The normalized spacial score (nSPS) is 19.2. The number of aromatic carboxylic acids is 1. The maximum atomic E-state index is 13.4. The molecule has 188 valence electrons. The molecule has 10 heteroatoms. The van der Waals surface area contributed by atoms with E-state index >= 15 is 0 Å². The van der Waals surface area contributed by atoms with Crippen molar-refractivity contribution < 1.29 is 28.9 Å². The van der Waals surface area contributed by atoms with Crippen molar-refractivity contribution in [3.8, 4) is 0 Å². The zero-order valence-corrected chi connectivity index (χ0v) is 21.3. The van der Waals surface area contributed by atoms with E-state index in [-0.39, 0.29) is 28.1 Å². The molecule has 0 spiro atoms. The second-order valence-electron chi connectivity index (χ2n) is 8.20. The first-order valence-corrected chi connectivity index (χ1v) is 11.6. The van der Waals surface area contributed by atoms with Crippen LogP contribution in [0.15, 0.2) is 41.1 Å². The highest BCUT2D eigenvalue weighted by atomic mass is 35.5. The lowest BCUT2D eigenvalue weighted by atomic mass is 9.88. The van der Waals surface area contributed by atoms with Crippen LogP contribution in [0, 0.1) is 0 Å². The Kier molecular flexibility index (Phi) is 8.66. The number of hydrogen-bond acceptors (Lipinski definition) is 5. The maximum Gasteiger partial charge on any atom is 0.335 e. The van der Waals surface area contributed by atoms with Gasteiger partial charge in [-0.05, 0) is 30.7 Å². The molecule has 1 aliphatic heterocycles. The van der Waals surface area contributed by atoms with Crippen LogP contribution in [-0.4, -0.2) is 55.1 Å². The molecule has 1 aromatic heterocycles. The summed E-state index contributed by atoms with van der Waals surface area (Å²) in [6.45, 7) is 7.19. The molecule has 1 amide bonds. The number of amides is 1. The van der Waals surface area contributed by atoms with Gasteiger partial charge < -0.3 is 29.2 Å². The number of aromatic nitrogens is 1. The van der Waals surface area contributed by atoms with Crippen molar-refractivity contribution in [2.75, 3.05) is 33.5 Å². The number of nitrogens with one attached hydrogen (secondary N) is 1. The zero-order chi connectivity index (χ0) is 25.8. The van der Waals surface area contributed by atoms with Crippen molar-refractivity contribution in [2.24, 2.45) is 7.05 Å². The molecule has 8 nitrogen and oxygen atoms in total. The number of benzene rings is 1. The van der Waals surface area contributed by atoms with Gasteiger partial charge in [0.2, 0.25) is 0 Å². The van der Waals surface area contributed by atoms with Crippen LogP contribution in [0.5, 0.6) is 0 Å². The van der Waals surface area contributed by atoms with Gasteiger partial charge in [0.05, 0.1) is 34.4 Å². The summed E-state index contributed by atoms with van der Waals surface area (Å²) in [6.07, 6.45) is 0.541. The van der Waals surface area contributed by atoms with Gasteiger partial charge in [-0.2, -0.15) is 0 Å². The van der Waals surface area contributed by atoms with Gasteiger partial charge in [-0.15, -0.1) is 0 Å². The Morgan fingerprint density at radius 3 is 2.51 bits per heavy atom. The van der Waals surface area contributed by atoms with Gasteiger partial charge in [0, 0.05) is 37.8 Å². The molecule has 0 saturated carbocycles. The first kappa shape index (κ1) is 26.8. The molecular formula is C25H28Cl2N2O6. The topological polar surface area (TPSA) is 99.0 Å². The summed E-state index contributed by atoms with van der Waals surface area (Å²) in [6, 6.07) is 8.05. The van der Waals surface area contributed by atoms with E-state index in [4.69, 9.17) is 37.4 Å². The fraction of sp³-hybridized carbons (Fsp3) is 0.360. The monoisotopic (exact) mass is 522 g/mol. The average molecular weight is 523 g/mol. The molecule has 2 aromatic rings. The minimum Gasteiger partial charge on any atom is -0.494 e. The van der Waals surface area contributed by atoms with Crippen LogP contribution in [0.1, 0.15) is 39.8 Å². The summed E-state index contributed by atoms with van der Waals surface area (Å²) in [5.74, 6) is -0.944. The number of ether oxygens (including phenoxy) is 3. The van der Waals surface area contributed by atoms with Crippen LogP contribution in [-0.2, 0) is 26.8 Å². The van der Waals surface area contributed by atoms with Gasteiger partial charge in [0.1, 0.15) is 18.1 Å². The predicted octanol–water partition coefficient (Wildman–Crippen LogP) is 2.66. The molecule has 0 aliphatic carbocycles. The van der Waals surface area contributed by atoms with E-state index in [1.807, 2.05) is 0 Å². The molecule has 35 heavy (non-hydrogen) atoms. The number of methoxy groups -OCH3 is 1. The Balaban J connectivity index is 1.94. The van der Waals surface area contributed by atoms with Gasteiger partial charge >= 0.3 is 5.97 Å². The van der Waals surface area contributed by atoms with Gasteiger partial charge in [0.25, 0.3) is 5.91 Å². The van der Waals surface area contributed by atoms with E-state index in [1.165, 1.54) is 12.1 Å². The largest absolute Gasteiger partial charge is 0.494 e. The molecule has 2 heterocycles. The third-order valence-electron chi connectivity index (χ3n) is 5.99. The SMILES string of the molecule is C=c1/c(=C(Cl)\C(Cl)=C(/C)OCCOC)cc(C(=O)NC2(c3ccc(C(=O)O)cc3)CCOC2)n1C. The van der Waals surface area contributed by atoms with E-state index in [1.54, 1.807) is 43.8 Å². The molecule has 1 aromatic carbocycles. The molecule has 3 rings (SSSR count). The number of halogens is 2. The van der Waals surface area contributed by atoms with Crippen LogP contribution >= 0.6 is 23.2 Å². The number of allylic oxidation sites excluding steroid dienone is 2. The molecule has 1 unspecified atom stereocenters. The first-order valence-electron chi connectivity index (χ1n) is 10.9. The van der Waals surface area contributed by atoms with Gasteiger partial charge in [-0.25, -0.2) is 4.79 Å². The molecule has 1 aliphatic rings. The summed E-state index contributed by atoms with van der Waals surface area (Å²) in [7, 11) is 3.28. The lowest BCUT2D eigenvalue weighted by Crippen LogP contribution is -2.47. The van der Waals surface area contributed by atoms with E-state index in [9.17, 15) is 14.7 Å². The summed E-state index contributed by atoms with van der Waals surface area (Å²) < 4.78 is 17.8. The number of carboxylic acid groups (broad SMARTS) is 1. The quantitative estimate of drug-likeness (QED) is 0.388. The van der Waals surface area contributed by atoms with Crippen molar-refractivity contribution in [1.29, 1.82) is 0 Å². The molecule has 0 radical (unpaired) electrons. The van der Waals surface area contributed by atoms with Crippen molar-refractivity contribution in [1.82, 2.24) is 9.88 Å². The molecule has 1 atom stereocenters. The van der Waals surface area contributed by atoms with Crippen LogP contribution in [0.25, 0.3) is 11.6 Å². The summed E-state index contributed by atoms with van der Waals surface area (Å²) in [5, 5.41) is 13.7. The van der Waals surface area contributed by atoms with Crippen molar-refractivity contribution in [3.05, 3.63) is 68.5 Å². The molecule has 2 N–H and O–H groups in total. The number of carbonyl (C=O) groups excluding carboxylic acids is 1. The summed E-state index contributed by atoms with van der Waals surface area (Å²) >= 11 is 13.0. The summed E-state index contributed by atoms with van der Waals surface area (Å²) in [4.78, 5) is 24.6. The van der Waals surface area contributed by atoms with Crippen molar-refractivity contribution in [3.63, 3.8) is 0 Å². The van der Waals surface area contributed by atoms with Crippen molar-refractivity contribution >= 4 is 46.7 Å². The fourth-order valence-corrected chi connectivity index (χ4v) is 4.29. The standard InChI is InChI=1S/C25H28Cl2N2O6/c1-15-19(22(27)21(26)16(2)35-12-11-33-4)13-20(29(15)3)23(30)28-25(9-10-34-14-25)18-7-5-17(6-8-18)24(31)32/h5-8,13H,1,9-12,14H2,2-4H3,(H,28,30)(H,31,32)/b21-16-,22-19+. The second-order valence-corrected chi connectivity index (χ2v) is 8.95. The first-order chi connectivity index (χ1) is 16.6. The highest BCUT2D eigenvalue weighted by Gasteiger charge is 2.39.